The molecule has 0 aliphatic carbocycles. The first kappa shape index (κ1) is 14.5. The van der Waals surface area contributed by atoms with E-state index in [-0.39, 0.29) is 5.56 Å². The Bertz CT molecular complexity index is 722. The summed E-state index contributed by atoms with van der Waals surface area (Å²) in [6, 6.07) is 1.53. The van der Waals surface area contributed by atoms with Gasteiger partial charge in [0.25, 0.3) is 5.91 Å². The van der Waals surface area contributed by atoms with Crippen LogP contribution in [-0.4, -0.2) is 43.5 Å². The Morgan fingerprint density at radius 2 is 2.10 bits per heavy atom. The Morgan fingerprint density at radius 1 is 1.38 bits per heavy atom. The van der Waals surface area contributed by atoms with Crippen molar-refractivity contribution in [3.63, 3.8) is 0 Å². The number of carboxylic acids is 2. The van der Waals surface area contributed by atoms with E-state index >= 15 is 0 Å². The minimum absolute atomic E-state index is 0.213. The maximum Gasteiger partial charge on any atom is 0.326 e. The van der Waals surface area contributed by atoms with Crippen LogP contribution < -0.4 is 5.32 Å². The molecule has 110 valence electrons. The van der Waals surface area contributed by atoms with Gasteiger partial charge in [-0.3, -0.25) is 9.59 Å². The van der Waals surface area contributed by atoms with Crippen molar-refractivity contribution in [2.75, 3.05) is 0 Å². The van der Waals surface area contributed by atoms with Gasteiger partial charge in [0.05, 0.1) is 12.1 Å². The number of fused-ring (bicyclic) bond motifs is 1. The fourth-order valence-electron chi connectivity index (χ4n) is 1.87. The SMILES string of the molecule is Cc1cn2ccc(C(=O)NC(CC(=O)O)C(=O)O)cc2n1. The van der Waals surface area contributed by atoms with Crippen LogP contribution in [0.4, 0.5) is 0 Å². The average molecular weight is 291 g/mol. The van der Waals surface area contributed by atoms with E-state index < -0.39 is 30.3 Å². The molecule has 2 aromatic rings. The highest BCUT2D eigenvalue weighted by Gasteiger charge is 2.23. The third kappa shape index (κ3) is 3.35. The van der Waals surface area contributed by atoms with Crippen LogP contribution in [0.15, 0.2) is 24.5 Å². The molecule has 2 rings (SSSR count). The number of aromatic nitrogens is 2. The number of rotatable bonds is 5. The van der Waals surface area contributed by atoms with Crippen molar-refractivity contribution in [1.82, 2.24) is 14.7 Å². The summed E-state index contributed by atoms with van der Waals surface area (Å²) in [6.45, 7) is 1.81. The molecule has 0 aliphatic rings. The molecule has 0 saturated carbocycles. The van der Waals surface area contributed by atoms with Crippen LogP contribution in [0.5, 0.6) is 0 Å². The second-order valence-electron chi connectivity index (χ2n) is 4.53. The molecular formula is C13H13N3O5. The first-order valence-electron chi connectivity index (χ1n) is 6.07. The molecule has 0 saturated heterocycles. The van der Waals surface area contributed by atoms with Crippen molar-refractivity contribution < 1.29 is 24.6 Å². The van der Waals surface area contributed by atoms with Gasteiger partial charge in [0.2, 0.25) is 0 Å². The van der Waals surface area contributed by atoms with Crippen LogP contribution in [0, 0.1) is 6.92 Å². The Labute approximate surface area is 119 Å². The van der Waals surface area contributed by atoms with Gasteiger partial charge in [-0.1, -0.05) is 0 Å². The maximum absolute atomic E-state index is 12.0. The molecule has 0 radical (unpaired) electrons. The lowest BCUT2D eigenvalue weighted by Crippen LogP contribution is -2.42. The van der Waals surface area contributed by atoms with Crippen LogP contribution in [0.3, 0.4) is 0 Å². The van der Waals surface area contributed by atoms with Crippen LogP contribution in [0.1, 0.15) is 22.5 Å². The first-order chi connectivity index (χ1) is 9.86. The van der Waals surface area contributed by atoms with E-state index in [1.165, 1.54) is 12.1 Å². The lowest BCUT2D eigenvalue weighted by Gasteiger charge is -2.12. The number of amides is 1. The van der Waals surface area contributed by atoms with Gasteiger partial charge in [-0.2, -0.15) is 0 Å². The second kappa shape index (κ2) is 5.61. The minimum atomic E-state index is -1.48. The highest BCUT2D eigenvalue weighted by Crippen LogP contribution is 2.08. The van der Waals surface area contributed by atoms with Crippen LogP contribution >= 0.6 is 0 Å². The van der Waals surface area contributed by atoms with Crippen LogP contribution in [0.2, 0.25) is 0 Å². The minimum Gasteiger partial charge on any atom is -0.481 e. The molecule has 0 bridgehead atoms. The van der Waals surface area contributed by atoms with Crippen molar-refractivity contribution in [3.8, 4) is 0 Å². The van der Waals surface area contributed by atoms with E-state index in [0.29, 0.717) is 5.65 Å². The van der Waals surface area contributed by atoms with Crippen molar-refractivity contribution >= 4 is 23.5 Å². The molecule has 2 aromatic heterocycles. The van der Waals surface area contributed by atoms with Crippen molar-refractivity contribution in [1.29, 1.82) is 0 Å². The quantitative estimate of drug-likeness (QED) is 0.728. The van der Waals surface area contributed by atoms with Crippen molar-refractivity contribution in [3.05, 3.63) is 35.8 Å². The molecule has 21 heavy (non-hydrogen) atoms. The van der Waals surface area contributed by atoms with Gasteiger partial charge in [-0.15, -0.1) is 0 Å². The van der Waals surface area contributed by atoms with Crippen LogP contribution in [-0.2, 0) is 9.59 Å². The Kier molecular flexibility index (Phi) is 3.88. The monoisotopic (exact) mass is 291 g/mol. The fourth-order valence-corrected chi connectivity index (χ4v) is 1.87. The number of aryl methyl sites for hydroxylation is 1. The van der Waals surface area contributed by atoms with E-state index in [9.17, 15) is 14.4 Å². The molecule has 8 nitrogen and oxygen atoms in total. The van der Waals surface area contributed by atoms with Gasteiger partial charge in [-0.05, 0) is 19.1 Å². The number of carbonyl (C=O) groups excluding carboxylic acids is 1. The Morgan fingerprint density at radius 3 is 2.71 bits per heavy atom. The predicted octanol–water partition coefficient (Wildman–Crippen LogP) is 0.300. The highest BCUT2D eigenvalue weighted by molar-refractivity contribution is 5.98. The molecule has 0 spiro atoms. The summed E-state index contributed by atoms with van der Waals surface area (Å²) in [5.74, 6) is -3.36. The Balaban J connectivity index is 2.20. The number of nitrogens with one attached hydrogen (secondary N) is 1. The van der Waals surface area contributed by atoms with Gasteiger partial charge in [-0.25, -0.2) is 9.78 Å². The molecule has 8 heteroatoms. The summed E-state index contributed by atoms with van der Waals surface area (Å²) in [7, 11) is 0. The molecular weight excluding hydrogens is 278 g/mol. The number of imidazole rings is 1. The van der Waals surface area contributed by atoms with Crippen LogP contribution in [0.25, 0.3) is 5.65 Å². The molecule has 0 aliphatic heterocycles. The third-order valence-electron chi connectivity index (χ3n) is 2.83. The average Bonchev–Trinajstić information content (AvgIpc) is 2.76. The number of hydrogen-bond donors (Lipinski definition) is 3. The molecule has 1 atom stereocenters. The number of carboxylic acid groups (broad SMARTS) is 2. The van der Waals surface area contributed by atoms with Gasteiger partial charge < -0.3 is 19.9 Å². The largest absolute Gasteiger partial charge is 0.481 e. The van der Waals surface area contributed by atoms with E-state index in [1.807, 2.05) is 0 Å². The zero-order chi connectivity index (χ0) is 15.6. The zero-order valence-corrected chi connectivity index (χ0v) is 11.1. The van der Waals surface area contributed by atoms with Gasteiger partial charge in [0.1, 0.15) is 11.7 Å². The molecule has 0 aromatic carbocycles. The lowest BCUT2D eigenvalue weighted by atomic mass is 10.2. The second-order valence-corrected chi connectivity index (χ2v) is 4.53. The third-order valence-corrected chi connectivity index (χ3v) is 2.83. The standard InChI is InChI=1S/C13H13N3O5/c1-7-6-16-3-2-8(4-10(16)14-7)12(19)15-9(13(20)21)5-11(17)18/h2-4,6,9H,5H2,1H3,(H,15,19)(H,17,18)(H,20,21). The number of nitrogens with zero attached hydrogens (tertiary/aromatic N) is 2. The molecule has 1 unspecified atom stereocenters. The normalized spacial score (nSPS) is 12.0. The summed E-state index contributed by atoms with van der Waals surface area (Å²) in [5, 5.41) is 19.7. The predicted molar refractivity (Wildman–Crippen MR) is 71.1 cm³/mol. The molecule has 0 fully saturated rings. The van der Waals surface area contributed by atoms with E-state index in [2.05, 4.69) is 10.3 Å². The lowest BCUT2D eigenvalue weighted by molar-refractivity contribution is -0.145. The Hall–Kier alpha value is -2.90. The summed E-state index contributed by atoms with van der Waals surface area (Å²) >= 11 is 0. The summed E-state index contributed by atoms with van der Waals surface area (Å²) < 4.78 is 1.72. The summed E-state index contributed by atoms with van der Waals surface area (Å²) in [4.78, 5) is 37.7. The van der Waals surface area contributed by atoms with Gasteiger partial charge in [0, 0.05) is 18.0 Å². The molecule has 2 heterocycles. The van der Waals surface area contributed by atoms with E-state index in [0.717, 1.165) is 5.69 Å². The van der Waals surface area contributed by atoms with E-state index in [4.69, 9.17) is 10.2 Å². The maximum atomic E-state index is 12.0. The number of aliphatic carboxylic acids is 2. The van der Waals surface area contributed by atoms with Crippen molar-refractivity contribution in [2.24, 2.45) is 0 Å². The smallest absolute Gasteiger partial charge is 0.326 e. The number of pyridine rings is 1. The topological polar surface area (TPSA) is 121 Å². The van der Waals surface area contributed by atoms with Gasteiger partial charge >= 0.3 is 11.9 Å². The molecule has 3 N–H and O–H groups in total. The van der Waals surface area contributed by atoms with Crippen molar-refractivity contribution in [2.45, 2.75) is 19.4 Å². The number of hydrogen-bond acceptors (Lipinski definition) is 4. The summed E-state index contributed by atoms with van der Waals surface area (Å²) in [5.41, 5.74) is 1.54. The summed E-state index contributed by atoms with van der Waals surface area (Å²) in [6.07, 6.45) is 2.71. The molecule has 1 amide bonds. The number of carbonyl (C=O) groups is 3. The highest BCUT2D eigenvalue weighted by atomic mass is 16.4. The zero-order valence-electron chi connectivity index (χ0n) is 11.1. The fraction of sp³-hybridized carbons (Fsp3) is 0.231. The van der Waals surface area contributed by atoms with E-state index in [1.54, 1.807) is 23.7 Å². The van der Waals surface area contributed by atoms with Gasteiger partial charge in [0.15, 0.2) is 0 Å². The first-order valence-corrected chi connectivity index (χ1v) is 6.07.